The number of nitrogens with zero attached hydrogens (tertiary/aromatic N) is 1. The largest absolute Gasteiger partial charge is 0.489 e. The highest BCUT2D eigenvalue weighted by molar-refractivity contribution is 7.92. The average molecular weight is 451 g/mol. The maximum Gasteiger partial charge on any atom is 0.416 e. The number of benzene rings is 3. The molecule has 3 aromatic carbocycles. The second-order valence-corrected chi connectivity index (χ2v) is 8.96. The van der Waals surface area contributed by atoms with Gasteiger partial charge < -0.3 is 4.74 Å². The molecule has 31 heavy (non-hydrogen) atoms. The number of ether oxygens (including phenoxy) is 1. The Morgan fingerprint density at radius 2 is 1.77 bits per heavy atom. The van der Waals surface area contributed by atoms with Crippen molar-refractivity contribution in [1.82, 2.24) is 0 Å². The van der Waals surface area contributed by atoms with Gasteiger partial charge in [-0.25, -0.2) is 12.8 Å². The highest BCUT2D eigenvalue weighted by Gasteiger charge is 2.34. The van der Waals surface area contributed by atoms with Gasteiger partial charge in [-0.2, -0.15) is 13.2 Å². The number of halogens is 4. The Balaban J connectivity index is 1.82. The van der Waals surface area contributed by atoms with Crippen molar-refractivity contribution in [2.75, 3.05) is 17.5 Å². The van der Waals surface area contributed by atoms with E-state index in [9.17, 15) is 26.0 Å². The van der Waals surface area contributed by atoms with Crippen molar-refractivity contribution in [3.05, 3.63) is 77.6 Å². The zero-order valence-corrected chi connectivity index (χ0v) is 17.1. The van der Waals surface area contributed by atoms with Crippen molar-refractivity contribution >= 4 is 15.7 Å². The predicted octanol–water partition coefficient (Wildman–Crippen LogP) is 5.41. The third-order valence-corrected chi connectivity index (χ3v) is 6.85. The summed E-state index contributed by atoms with van der Waals surface area (Å²) >= 11 is 0. The van der Waals surface area contributed by atoms with Gasteiger partial charge in [-0.3, -0.25) is 4.31 Å². The van der Waals surface area contributed by atoms with Gasteiger partial charge >= 0.3 is 6.18 Å². The van der Waals surface area contributed by atoms with Crippen LogP contribution < -0.4 is 9.04 Å². The molecule has 0 amide bonds. The van der Waals surface area contributed by atoms with Gasteiger partial charge in [0.05, 0.1) is 22.7 Å². The molecule has 0 spiro atoms. The van der Waals surface area contributed by atoms with E-state index in [4.69, 9.17) is 4.74 Å². The molecule has 0 saturated carbocycles. The van der Waals surface area contributed by atoms with Crippen LogP contribution >= 0.6 is 0 Å². The number of hydrogen-bond donors (Lipinski definition) is 0. The average Bonchev–Trinajstić information content (AvgIpc) is 2.74. The van der Waals surface area contributed by atoms with Crippen molar-refractivity contribution in [2.24, 2.45) is 0 Å². The summed E-state index contributed by atoms with van der Waals surface area (Å²) in [6, 6.07) is 12.7. The zero-order chi connectivity index (χ0) is 22.4. The van der Waals surface area contributed by atoms with Crippen LogP contribution in [0.5, 0.6) is 5.75 Å². The number of fused-ring (bicyclic) bond motifs is 1. The topological polar surface area (TPSA) is 46.6 Å². The summed E-state index contributed by atoms with van der Waals surface area (Å²) in [4.78, 5) is -0.470. The van der Waals surface area contributed by atoms with Gasteiger partial charge in [0, 0.05) is 0 Å². The molecule has 0 aliphatic carbocycles. The fourth-order valence-electron chi connectivity index (χ4n) is 3.48. The smallest absolute Gasteiger partial charge is 0.416 e. The molecule has 0 aromatic heterocycles. The highest BCUT2D eigenvalue weighted by Crippen LogP contribution is 2.40. The van der Waals surface area contributed by atoms with Crippen molar-refractivity contribution in [2.45, 2.75) is 18.0 Å². The Labute approximate surface area is 176 Å². The van der Waals surface area contributed by atoms with Gasteiger partial charge in [0.1, 0.15) is 18.2 Å². The third kappa shape index (κ3) is 3.97. The molecule has 3 aromatic rings. The lowest BCUT2D eigenvalue weighted by molar-refractivity contribution is -0.137. The molecular weight excluding hydrogens is 434 g/mol. The summed E-state index contributed by atoms with van der Waals surface area (Å²) in [7, 11) is -4.30. The molecule has 0 unspecified atom stereocenters. The lowest BCUT2D eigenvalue weighted by atomic mass is 9.99. The van der Waals surface area contributed by atoms with E-state index >= 15 is 0 Å². The Bertz CT molecular complexity index is 1260. The summed E-state index contributed by atoms with van der Waals surface area (Å²) < 4.78 is 86.1. The Hall–Kier alpha value is -3.07. The normalized spacial score (nSPS) is 14.2. The number of anilines is 1. The van der Waals surface area contributed by atoms with Crippen LogP contribution in [0, 0.1) is 12.7 Å². The summed E-state index contributed by atoms with van der Waals surface area (Å²) in [6.07, 6.45) is -4.67. The Morgan fingerprint density at radius 1 is 1.00 bits per heavy atom. The molecule has 0 bridgehead atoms. The summed E-state index contributed by atoms with van der Waals surface area (Å²) in [5.74, 6) is -0.164. The van der Waals surface area contributed by atoms with Gasteiger partial charge in [0.2, 0.25) is 0 Å². The SMILES string of the molecule is Cc1ccc(F)cc1-c1ccc2c(c1)N(S(=O)(=O)c1cccc(C(F)(F)F)c1)CCO2. The van der Waals surface area contributed by atoms with E-state index in [1.165, 1.54) is 12.1 Å². The molecule has 0 atom stereocenters. The predicted molar refractivity (Wildman–Crippen MR) is 108 cm³/mol. The van der Waals surface area contributed by atoms with E-state index in [2.05, 4.69) is 0 Å². The maximum absolute atomic E-state index is 13.8. The molecule has 1 aliphatic heterocycles. The highest BCUT2D eigenvalue weighted by atomic mass is 32.2. The quantitative estimate of drug-likeness (QED) is 0.501. The number of sulfonamides is 1. The summed E-state index contributed by atoms with van der Waals surface area (Å²) in [5, 5.41) is 0. The lowest BCUT2D eigenvalue weighted by Gasteiger charge is -2.31. The maximum atomic E-state index is 13.8. The van der Waals surface area contributed by atoms with E-state index in [0.717, 1.165) is 28.1 Å². The first-order valence-electron chi connectivity index (χ1n) is 9.31. The van der Waals surface area contributed by atoms with E-state index in [-0.39, 0.29) is 24.6 Å². The molecule has 0 N–H and O–H groups in total. The number of aryl methyl sites for hydroxylation is 1. The molecular formula is C22H17F4NO3S. The van der Waals surface area contributed by atoms with Crippen molar-refractivity contribution in [3.63, 3.8) is 0 Å². The van der Waals surface area contributed by atoms with E-state index in [0.29, 0.717) is 17.2 Å². The van der Waals surface area contributed by atoms with E-state index in [1.54, 1.807) is 31.2 Å². The first-order chi connectivity index (χ1) is 14.6. The first kappa shape index (κ1) is 21.2. The molecule has 0 radical (unpaired) electrons. The van der Waals surface area contributed by atoms with Crippen LogP contribution in [0.1, 0.15) is 11.1 Å². The fraction of sp³-hybridized carbons (Fsp3) is 0.182. The minimum atomic E-state index is -4.67. The third-order valence-electron chi connectivity index (χ3n) is 5.04. The number of alkyl halides is 3. The number of hydrogen-bond acceptors (Lipinski definition) is 3. The molecule has 9 heteroatoms. The number of rotatable bonds is 3. The second-order valence-electron chi connectivity index (χ2n) is 7.09. The standard InChI is InChI=1S/C22H17F4NO3S/c1-14-5-7-17(23)13-19(14)15-6-8-21-20(11-15)27(9-10-30-21)31(28,29)18-4-2-3-16(12-18)22(24,25)26/h2-8,11-13H,9-10H2,1H3. The zero-order valence-electron chi connectivity index (χ0n) is 16.3. The fourth-order valence-corrected chi connectivity index (χ4v) is 4.97. The van der Waals surface area contributed by atoms with Gasteiger partial charge in [0.15, 0.2) is 0 Å². The van der Waals surface area contributed by atoms with Crippen LogP contribution in [0.4, 0.5) is 23.2 Å². The molecule has 1 heterocycles. The van der Waals surface area contributed by atoms with Gasteiger partial charge in [0.25, 0.3) is 10.0 Å². The van der Waals surface area contributed by atoms with Crippen LogP contribution in [-0.4, -0.2) is 21.6 Å². The lowest BCUT2D eigenvalue weighted by Crippen LogP contribution is -2.38. The molecule has 4 rings (SSSR count). The molecule has 0 saturated heterocycles. The van der Waals surface area contributed by atoms with Gasteiger partial charge in [-0.05, 0) is 66.1 Å². The monoisotopic (exact) mass is 451 g/mol. The first-order valence-corrected chi connectivity index (χ1v) is 10.7. The van der Waals surface area contributed by atoms with Crippen LogP contribution in [-0.2, 0) is 16.2 Å². The van der Waals surface area contributed by atoms with Crippen LogP contribution in [0.15, 0.2) is 65.6 Å². The molecule has 0 fully saturated rings. The van der Waals surface area contributed by atoms with E-state index in [1.807, 2.05) is 0 Å². The van der Waals surface area contributed by atoms with E-state index < -0.39 is 32.5 Å². The van der Waals surface area contributed by atoms with Gasteiger partial charge in [-0.15, -0.1) is 0 Å². The van der Waals surface area contributed by atoms with Crippen LogP contribution in [0.2, 0.25) is 0 Å². The molecule has 1 aliphatic rings. The molecule has 4 nitrogen and oxygen atoms in total. The minimum Gasteiger partial charge on any atom is -0.489 e. The second kappa shape index (κ2) is 7.56. The Morgan fingerprint density at radius 3 is 2.52 bits per heavy atom. The van der Waals surface area contributed by atoms with Crippen LogP contribution in [0.3, 0.4) is 0 Å². The summed E-state index contributed by atoms with van der Waals surface area (Å²) in [6.45, 7) is 1.77. The molecule has 162 valence electrons. The van der Waals surface area contributed by atoms with Crippen molar-refractivity contribution < 1.29 is 30.7 Å². The Kier molecular flexibility index (Phi) is 5.17. The van der Waals surface area contributed by atoms with Crippen LogP contribution in [0.25, 0.3) is 11.1 Å². The van der Waals surface area contributed by atoms with Crippen molar-refractivity contribution in [3.8, 4) is 16.9 Å². The minimum absolute atomic E-state index is 0.0452. The summed E-state index contributed by atoms with van der Waals surface area (Å²) in [5.41, 5.74) is 1.05. The van der Waals surface area contributed by atoms with Crippen molar-refractivity contribution in [1.29, 1.82) is 0 Å². The van der Waals surface area contributed by atoms with Gasteiger partial charge in [-0.1, -0.05) is 18.2 Å².